The van der Waals surface area contributed by atoms with Gasteiger partial charge >= 0.3 is 5.24 Å². The van der Waals surface area contributed by atoms with Gasteiger partial charge in [-0.3, -0.25) is 4.79 Å². The Morgan fingerprint density at radius 2 is 2.07 bits per heavy atom. The van der Waals surface area contributed by atoms with Crippen molar-refractivity contribution in [2.45, 2.75) is 6.92 Å². The van der Waals surface area contributed by atoms with Gasteiger partial charge in [0.05, 0.1) is 5.71 Å². The van der Waals surface area contributed by atoms with Crippen molar-refractivity contribution in [3.63, 3.8) is 0 Å². The van der Waals surface area contributed by atoms with Crippen LogP contribution in [0.1, 0.15) is 11.1 Å². The van der Waals surface area contributed by atoms with E-state index in [9.17, 15) is 4.79 Å². The van der Waals surface area contributed by atoms with Crippen molar-refractivity contribution in [1.82, 2.24) is 0 Å². The molecule has 0 bridgehead atoms. The molecule has 0 saturated carbocycles. The standard InChI is InChI=1S/C10H9NOS.ClH/c1-7-4-2-3-5-8(7)9-6-13-10(12)11-9;/h2-5H,6H2,1H3;1H. The Bertz CT molecular complexity index is 389. The first-order valence-electron chi connectivity index (χ1n) is 4.08. The van der Waals surface area contributed by atoms with Crippen LogP contribution in [0.4, 0.5) is 4.79 Å². The summed E-state index contributed by atoms with van der Waals surface area (Å²) < 4.78 is 0. The molecule has 14 heavy (non-hydrogen) atoms. The van der Waals surface area contributed by atoms with Crippen molar-refractivity contribution in [3.8, 4) is 0 Å². The SMILES string of the molecule is Cc1ccccc1C1=NC(=O)SC1.Cl. The van der Waals surface area contributed by atoms with Crippen LogP contribution in [-0.2, 0) is 0 Å². The molecule has 1 aliphatic heterocycles. The topological polar surface area (TPSA) is 29.4 Å². The number of aliphatic imine (C=N–C) groups is 1. The normalized spacial score (nSPS) is 14.9. The molecule has 0 unspecified atom stereocenters. The van der Waals surface area contributed by atoms with Crippen molar-refractivity contribution >= 4 is 35.1 Å². The number of halogens is 1. The average Bonchev–Trinajstić information content (AvgIpc) is 2.53. The number of hydrogen-bond donors (Lipinski definition) is 0. The maximum Gasteiger partial charge on any atom is 0.305 e. The van der Waals surface area contributed by atoms with Gasteiger partial charge in [0.1, 0.15) is 0 Å². The molecule has 0 saturated heterocycles. The molecule has 0 N–H and O–H groups in total. The van der Waals surface area contributed by atoms with Crippen LogP contribution in [0.3, 0.4) is 0 Å². The molecule has 1 amide bonds. The number of hydrogen-bond acceptors (Lipinski definition) is 2. The zero-order valence-corrected chi connectivity index (χ0v) is 9.32. The highest BCUT2D eigenvalue weighted by atomic mass is 35.5. The molecular weight excluding hydrogens is 218 g/mol. The van der Waals surface area contributed by atoms with Crippen LogP contribution in [0.25, 0.3) is 0 Å². The highest BCUT2D eigenvalue weighted by Gasteiger charge is 2.16. The van der Waals surface area contributed by atoms with Crippen LogP contribution < -0.4 is 0 Å². The van der Waals surface area contributed by atoms with Gasteiger partial charge in [-0.05, 0) is 18.1 Å². The second kappa shape index (κ2) is 4.62. The molecule has 0 spiro atoms. The van der Waals surface area contributed by atoms with Crippen molar-refractivity contribution in [2.24, 2.45) is 4.99 Å². The molecule has 2 nitrogen and oxygen atoms in total. The van der Waals surface area contributed by atoms with Gasteiger partial charge in [-0.2, -0.15) is 0 Å². The molecule has 74 valence electrons. The molecule has 0 radical (unpaired) electrons. The Morgan fingerprint density at radius 3 is 2.64 bits per heavy atom. The molecule has 0 aromatic heterocycles. The first-order chi connectivity index (χ1) is 6.27. The summed E-state index contributed by atoms with van der Waals surface area (Å²) in [6.45, 7) is 2.03. The van der Waals surface area contributed by atoms with E-state index in [-0.39, 0.29) is 17.6 Å². The minimum absolute atomic E-state index is 0. The highest BCUT2D eigenvalue weighted by Crippen LogP contribution is 2.20. The van der Waals surface area contributed by atoms with E-state index in [0.717, 1.165) is 11.3 Å². The largest absolute Gasteiger partial charge is 0.305 e. The van der Waals surface area contributed by atoms with E-state index in [1.54, 1.807) is 0 Å². The Balaban J connectivity index is 0.000000980. The van der Waals surface area contributed by atoms with Crippen molar-refractivity contribution in [3.05, 3.63) is 35.4 Å². The number of benzene rings is 1. The van der Waals surface area contributed by atoms with Crippen LogP contribution >= 0.6 is 24.2 Å². The lowest BCUT2D eigenvalue weighted by molar-refractivity contribution is 0.268. The molecule has 4 heteroatoms. The number of thioether (sulfide) groups is 1. The van der Waals surface area contributed by atoms with Crippen molar-refractivity contribution in [1.29, 1.82) is 0 Å². The number of carbonyl (C=O) groups is 1. The number of aryl methyl sites for hydroxylation is 1. The minimum Gasteiger partial charge on any atom is -0.259 e. The maximum atomic E-state index is 10.9. The summed E-state index contributed by atoms with van der Waals surface area (Å²) in [5.74, 6) is 0.712. The van der Waals surface area contributed by atoms with Gasteiger partial charge in [0.25, 0.3) is 0 Å². The van der Waals surface area contributed by atoms with Gasteiger partial charge in [-0.1, -0.05) is 36.0 Å². The Kier molecular flexibility index (Phi) is 3.72. The van der Waals surface area contributed by atoms with Crippen molar-refractivity contribution in [2.75, 3.05) is 5.75 Å². The molecule has 0 aliphatic carbocycles. The monoisotopic (exact) mass is 227 g/mol. The number of carbonyl (C=O) groups excluding carboxylic acids is 1. The molecule has 1 heterocycles. The summed E-state index contributed by atoms with van der Waals surface area (Å²) in [7, 11) is 0. The number of rotatable bonds is 1. The van der Waals surface area contributed by atoms with Gasteiger partial charge in [0.15, 0.2) is 0 Å². The number of amides is 1. The predicted molar refractivity (Wildman–Crippen MR) is 62.8 cm³/mol. The number of nitrogens with zero attached hydrogens (tertiary/aromatic N) is 1. The molecule has 1 aromatic carbocycles. The summed E-state index contributed by atoms with van der Waals surface area (Å²) in [6.07, 6.45) is 0. The van der Waals surface area contributed by atoms with E-state index in [1.807, 2.05) is 31.2 Å². The van der Waals surface area contributed by atoms with Crippen LogP contribution in [0.5, 0.6) is 0 Å². The first-order valence-corrected chi connectivity index (χ1v) is 5.06. The third-order valence-electron chi connectivity index (χ3n) is 2.01. The molecule has 1 aliphatic rings. The minimum atomic E-state index is -0.0711. The zero-order chi connectivity index (χ0) is 9.26. The van der Waals surface area contributed by atoms with Gasteiger partial charge in [0, 0.05) is 5.75 Å². The fourth-order valence-corrected chi connectivity index (χ4v) is 1.99. The van der Waals surface area contributed by atoms with E-state index < -0.39 is 0 Å². The summed E-state index contributed by atoms with van der Waals surface area (Å²) in [4.78, 5) is 14.9. The third-order valence-corrected chi connectivity index (χ3v) is 2.77. The summed E-state index contributed by atoms with van der Waals surface area (Å²) in [6, 6.07) is 8.00. The van der Waals surface area contributed by atoms with E-state index in [4.69, 9.17) is 0 Å². The highest BCUT2D eigenvalue weighted by molar-refractivity contribution is 8.14. The fourth-order valence-electron chi connectivity index (χ4n) is 1.34. The van der Waals surface area contributed by atoms with E-state index >= 15 is 0 Å². The van der Waals surface area contributed by atoms with Crippen LogP contribution in [0.2, 0.25) is 0 Å². The van der Waals surface area contributed by atoms with Crippen LogP contribution in [0.15, 0.2) is 29.3 Å². The van der Waals surface area contributed by atoms with Gasteiger partial charge in [-0.15, -0.1) is 12.4 Å². The Labute approximate surface area is 93.2 Å². The summed E-state index contributed by atoms with van der Waals surface area (Å²) in [5, 5.41) is -0.0711. The van der Waals surface area contributed by atoms with E-state index in [0.29, 0.717) is 5.75 Å². The summed E-state index contributed by atoms with van der Waals surface area (Å²) in [5.41, 5.74) is 3.19. The van der Waals surface area contributed by atoms with Gasteiger partial charge in [-0.25, -0.2) is 4.99 Å². The van der Waals surface area contributed by atoms with Crippen molar-refractivity contribution < 1.29 is 4.79 Å². The predicted octanol–water partition coefficient (Wildman–Crippen LogP) is 3.07. The quantitative estimate of drug-likeness (QED) is 0.738. The molecular formula is C10H10ClNOS. The lowest BCUT2D eigenvalue weighted by Crippen LogP contribution is -2.01. The Morgan fingerprint density at radius 1 is 1.36 bits per heavy atom. The molecule has 1 aromatic rings. The maximum absolute atomic E-state index is 10.9. The fraction of sp³-hybridized carbons (Fsp3) is 0.200. The second-order valence-corrected chi connectivity index (χ2v) is 3.85. The smallest absolute Gasteiger partial charge is 0.259 e. The summed E-state index contributed by atoms with van der Waals surface area (Å²) >= 11 is 1.27. The first kappa shape index (κ1) is 11.3. The van der Waals surface area contributed by atoms with Gasteiger partial charge < -0.3 is 0 Å². The zero-order valence-electron chi connectivity index (χ0n) is 7.69. The van der Waals surface area contributed by atoms with Crippen LogP contribution in [-0.4, -0.2) is 16.7 Å². The van der Waals surface area contributed by atoms with Gasteiger partial charge in [0.2, 0.25) is 0 Å². The second-order valence-electron chi connectivity index (χ2n) is 2.93. The van der Waals surface area contributed by atoms with E-state index in [1.165, 1.54) is 17.3 Å². The lowest BCUT2D eigenvalue weighted by atomic mass is 10.1. The van der Waals surface area contributed by atoms with Crippen LogP contribution in [0, 0.1) is 6.92 Å². The van der Waals surface area contributed by atoms with E-state index in [2.05, 4.69) is 4.99 Å². The molecule has 0 atom stereocenters. The molecule has 2 rings (SSSR count). The lowest BCUT2D eigenvalue weighted by Gasteiger charge is -2.02. The average molecular weight is 228 g/mol. The third kappa shape index (κ3) is 2.16. The Hall–Kier alpha value is -0.800. The molecule has 0 fully saturated rings.